The highest BCUT2D eigenvalue weighted by Crippen LogP contribution is 2.33. The molecule has 1 aliphatic heterocycles. The Hall–Kier alpha value is -3.09. The van der Waals surface area contributed by atoms with Crippen LogP contribution in [0.2, 0.25) is 0 Å². The van der Waals surface area contributed by atoms with Crippen LogP contribution in [0.4, 0.5) is 13.2 Å². The summed E-state index contributed by atoms with van der Waals surface area (Å²) in [5, 5.41) is 4.16. The molecular formula is C22H19F3N2O2. The Labute approximate surface area is 165 Å². The second-order valence-electron chi connectivity index (χ2n) is 7.43. The average molecular weight is 400 g/mol. The molecule has 29 heavy (non-hydrogen) atoms. The van der Waals surface area contributed by atoms with Gasteiger partial charge in [0, 0.05) is 23.6 Å². The summed E-state index contributed by atoms with van der Waals surface area (Å²) < 4.78 is 45.7. The van der Waals surface area contributed by atoms with E-state index in [0.29, 0.717) is 12.2 Å². The Morgan fingerprint density at radius 1 is 1.17 bits per heavy atom. The number of hydrogen-bond donors (Lipinski definition) is 0. The first-order chi connectivity index (χ1) is 13.8. The summed E-state index contributed by atoms with van der Waals surface area (Å²) >= 11 is 0. The number of halogens is 3. The monoisotopic (exact) mass is 400 g/mol. The molecular weight excluding hydrogens is 381 g/mol. The minimum absolute atomic E-state index is 0.0912. The molecule has 2 heterocycles. The van der Waals surface area contributed by atoms with E-state index in [0.717, 1.165) is 34.5 Å². The molecule has 3 aromatic rings. The molecule has 0 bridgehead atoms. The Balaban J connectivity index is 1.59. The first-order valence-electron chi connectivity index (χ1n) is 9.31. The molecule has 4 nitrogen and oxygen atoms in total. The smallest absolute Gasteiger partial charge is 0.227 e. The van der Waals surface area contributed by atoms with Gasteiger partial charge in [-0.05, 0) is 31.5 Å². The maximum absolute atomic E-state index is 13.5. The van der Waals surface area contributed by atoms with Gasteiger partial charge in [-0.3, -0.25) is 4.79 Å². The second-order valence-corrected chi connectivity index (χ2v) is 7.43. The first-order valence-corrected chi connectivity index (χ1v) is 9.31. The van der Waals surface area contributed by atoms with Gasteiger partial charge in [-0.2, -0.15) is 0 Å². The lowest BCUT2D eigenvalue weighted by Crippen LogP contribution is -2.43. The van der Waals surface area contributed by atoms with Crippen LogP contribution >= 0.6 is 0 Å². The molecule has 0 saturated carbocycles. The second kappa shape index (κ2) is 7.39. The summed E-state index contributed by atoms with van der Waals surface area (Å²) in [5.74, 6) is -3.83. The van der Waals surface area contributed by atoms with Gasteiger partial charge in [0.2, 0.25) is 5.91 Å². The summed E-state index contributed by atoms with van der Waals surface area (Å²) in [6, 6.07) is 9.36. The van der Waals surface area contributed by atoms with Crippen molar-refractivity contribution in [2.24, 2.45) is 0 Å². The molecule has 0 saturated heterocycles. The highest BCUT2D eigenvalue weighted by atomic mass is 19.2. The maximum Gasteiger partial charge on any atom is 0.227 e. The predicted molar refractivity (Wildman–Crippen MR) is 100 cm³/mol. The van der Waals surface area contributed by atoms with Gasteiger partial charge in [-0.25, -0.2) is 13.2 Å². The third kappa shape index (κ3) is 3.64. The van der Waals surface area contributed by atoms with Crippen LogP contribution in [0.15, 0.2) is 40.9 Å². The number of aryl methyl sites for hydroxylation is 1. The van der Waals surface area contributed by atoms with E-state index in [9.17, 15) is 18.0 Å². The van der Waals surface area contributed by atoms with E-state index >= 15 is 0 Å². The number of nitrogens with zero attached hydrogens (tertiary/aromatic N) is 2. The Morgan fingerprint density at radius 3 is 2.48 bits per heavy atom. The topological polar surface area (TPSA) is 46.3 Å². The standard InChI is InChI=1S/C22H19F3N2O2/c1-12-3-5-15(6-4-12)22-16-11-27(13(2)7-19(16)26-29-22)20(28)10-14-8-17(23)21(25)18(24)9-14/h3-6,8-9,13H,7,10-11H2,1-2H3/t13-/m0/s1. The van der Waals surface area contributed by atoms with Crippen LogP contribution < -0.4 is 0 Å². The molecule has 1 aromatic heterocycles. The fraction of sp³-hybridized carbons (Fsp3) is 0.273. The van der Waals surface area contributed by atoms with Crippen molar-refractivity contribution in [1.82, 2.24) is 10.1 Å². The highest BCUT2D eigenvalue weighted by molar-refractivity contribution is 5.80. The van der Waals surface area contributed by atoms with Crippen LogP contribution in [-0.2, 0) is 24.2 Å². The summed E-state index contributed by atoms with van der Waals surface area (Å²) in [6.45, 7) is 4.16. The van der Waals surface area contributed by atoms with Gasteiger partial charge >= 0.3 is 0 Å². The largest absolute Gasteiger partial charge is 0.356 e. The van der Waals surface area contributed by atoms with Gasteiger partial charge in [0.1, 0.15) is 0 Å². The summed E-state index contributed by atoms with van der Waals surface area (Å²) in [5.41, 5.74) is 3.71. The van der Waals surface area contributed by atoms with Gasteiger partial charge in [0.05, 0.1) is 18.7 Å². The summed E-state index contributed by atoms with van der Waals surface area (Å²) in [7, 11) is 0. The van der Waals surface area contributed by atoms with E-state index in [1.54, 1.807) is 4.90 Å². The van der Waals surface area contributed by atoms with Gasteiger partial charge in [-0.1, -0.05) is 35.0 Å². The fourth-order valence-corrected chi connectivity index (χ4v) is 3.63. The number of carbonyl (C=O) groups excluding carboxylic acids is 1. The Morgan fingerprint density at radius 2 is 1.83 bits per heavy atom. The zero-order valence-corrected chi connectivity index (χ0v) is 16.0. The number of hydrogen-bond acceptors (Lipinski definition) is 3. The lowest BCUT2D eigenvalue weighted by atomic mass is 9.96. The van der Waals surface area contributed by atoms with Crippen LogP contribution in [0.1, 0.15) is 29.3 Å². The lowest BCUT2D eigenvalue weighted by molar-refractivity contribution is -0.133. The summed E-state index contributed by atoms with van der Waals surface area (Å²) in [6.07, 6.45) is 0.293. The molecule has 2 aromatic carbocycles. The van der Waals surface area contributed by atoms with Gasteiger partial charge in [-0.15, -0.1) is 0 Å². The van der Waals surface area contributed by atoms with E-state index in [1.807, 2.05) is 38.1 Å². The number of fused-ring (bicyclic) bond motifs is 1. The number of amides is 1. The van der Waals surface area contributed by atoms with Crippen LogP contribution in [0.3, 0.4) is 0 Å². The average Bonchev–Trinajstić information content (AvgIpc) is 3.08. The van der Waals surface area contributed by atoms with Crippen LogP contribution in [0.25, 0.3) is 11.3 Å². The minimum atomic E-state index is -1.54. The van der Waals surface area contributed by atoms with Crippen molar-refractivity contribution in [3.63, 3.8) is 0 Å². The number of carbonyl (C=O) groups is 1. The van der Waals surface area contributed by atoms with Gasteiger partial charge in [0.15, 0.2) is 23.2 Å². The molecule has 150 valence electrons. The number of rotatable bonds is 3. The van der Waals surface area contributed by atoms with Crippen molar-refractivity contribution in [2.75, 3.05) is 0 Å². The van der Waals surface area contributed by atoms with E-state index < -0.39 is 17.5 Å². The highest BCUT2D eigenvalue weighted by Gasteiger charge is 2.32. The van der Waals surface area contributed by atoms with E-state index in [-0.39, 0.29) is 30.5 Å². The molecule has 1 atom stereocenters. The molecule has 0 spiro atoms. The predicted octanol–water partition coefficient (Wildman–Crippen LogP) is 4.58. The molecule has 1 amide bonds. The fourth-order valence-electron chi connectivity index (χ4n) is 3.63. The third-order valence-electron chi connectivity index (χ3n) is 5.25. The van der Waals surface area contributed by atoms with Crippen LogP contribution in [0.5, 0.6) is 0 Å². The molecule has 0 N–H and O–H groups in total. The van der Waals surface area contributed by atoms with Crippen molar-refractivity contribution in [3.8, 4) is 11.3 Å². The molecule has 7 heteroatoms. The lowest BCUT2D eigenvalue weighted by Gasteiger charge is -2.33. The summed E-state index contributed by atoms with van der Waals surface area (Å²) in [4.78, 5) is 14.5. The van der Waals surface area contributed by atoms with Crippen molar-refractivity contribution in [2.45, 2.75) is 39.3 Å². The van der Waals surface area contributed by atoms with Crippen molar-refractivity contribution >= 4 is 5.91 Å². The van der Waals surface area contributed by atoms with Crippen LogP contribution in [0, 0.1) is 24.4 Å². The molecule has 0 unspecified atom stereocenters. The van der Waals surface area contributed by atoms with Crippen LogP contribution in [-0.4, -0.2) is 22.0 Å². The minimum Gasteiger partial charge on any atom is -0.356 e. The maximum atomic E-state index is 13.5. The first kappa shape index (κ1) is 19.2. The zero-order valence-electron chi connectivity index (χ0n) is 16.0. The van der Waals surface area contributed by atoms with Gasteiger partial charge < -0.3 is 9.42 Å². The quantitative estimate of drug-likeness (QED) is 0.605. The number of aromatic nitrogens is 1. The van der Waals surface area contributed by atoms with E-state index in [1.165, 1.54) is 0 Å². The van der Waals surface area contributed by atoms with Gasteiger partial charge in [0.25, 0.3) is 0 Å². The molecule has 0 aliphatic carbocycles. The number of benzene rings is 2. The third-order valence-corrected chi connectivity index (χ3v) is 5.25. The molecule has 0 radical (unpaired) electrons. The van der Waals surface area contributed by atoms with E-state index in [2.05, 4.69) is 5.16 Å². The molecule has 4 rings (SSSR count). The van der Waals surface area contributed by atoms with E-state index in [4.69, 9.17) is 4.52 Å². The van der Waals surface area contributed by atoms with Crippen molar-refractivity contribution in [1.29, 1.82) is 0 Å². The Bertz CT molecular complexity index is 1050. The van der Waals surface area contributed by atoms with Crippen molar-refractivity contribution < 1.29 is 22.5 Å². The Kier molecular flexibility index (Phi) is 4.90. The SMILES string of the molecule is Cc1ccc(-c2onc3c2CN(C(=O)Cc2cc(F)c(F)c(F)c2)[C@@H](C)C3)cc1. The normalized spacial score (nSPS) is 16.0. The molecule has 1 aliphatic rings. The molecule has 0 fully saturated rings. The zero-order chi connectivity index (χ0) is 20.7. The van der Waals surface area contributed by atoms with Crippen molar-refractivity contribution in [3.05, 3.63) is 76.2 Å².